The van der Waals surface area contributed by atoms with Gasteiger partial charge in [0.05, 0.1) is 7.11 Å². The van der Waals surface area contributed by atoms with E-state index in [-0.39, 0.29) is 23.5 Å². The molecule has 0 radical (unpaired) electrons. The van der Waals surface area contributed by atoms with E-state index in [1.54, 1.807) is 6.07 Å². The van der Waals surface area contributed by atoms with Crippen LogP contribution in [0.3, 0.4) is 0 Å². The zero-order valence-corrected chi connectivity index (χ0v) is 10.7. The summed E-state index contributed by atoms with van der Waals surface area (Å²) in [5.41, 5.74) is 0.208. The van der Waals surface area contributed by atoms with Crippen molar-refractivity contribution < 1.29 is 23.0 Å². The molecule has 0 saturated carbocycles. The van der Waals surface area contributed by atoms with Gasteiger partial charge in [0.15, 0.2) is 0 Å². The summed E-state index contributed by atoms with van der Waals surface area (Å²) in [7, 11) is 1.36. The lowest BCUT2D eigenvalue weighted by Gasteiger charge is -2.09. The Bertz CT molecular complexity index is 626. The highest BCUT2D eigenvalue weighted by atomic mass is 19.1. The molecule has 5 heteroatoms. The molecule has 2 rings (SSSR count). The van der Waals surface area contributed by atoms with Gasteiger partial charge in [-0.05, 0) is 24.3 Å². The fourth-order valence-electron chi connectivity index (χ4n) is 1.68. The zero-order valence-electron chi connectivity index (χ0n) is 10.7. The molecule has 0 N–H and O–H groups in total. The lowest BCUT2D eigenvalue weighted by molar-refractivity contribution is 0.0464. The van der Waals surface area contributed by atoms with Crippen LogP contribution >= 0.6 is 0 Å². The Hall–Kier alpha value is -2.43. The number of hydrogen-bond donors (Lipinski definition) is 0. The van der Waals surface area contributed by atoms with Crippen molar-refractivity contribution in [2.45, 2.75) is 6.61 Å². The summed E-state index contributed by atoms with van der Waals surface area (Å²) in [6.45, 7) is -0.231. The molecular formula is C15H12F2O3. The number of carbonyl (C=O) groups is 1. The molecule has 0 saturated heterocycles. The minimum absolute atomic E-state index is 0.0381. The quantitative estimate of drug-likeness (QED) is 0.805. The van der Waals surface area contributed by atoms with Crippen molar-refractivity contribution in [3.63, 3.8) is 0 Å². The molecule has 20 heavy (non-hydrogen) atoms. The van der Waals surface area contributed by atoms with E-state index < -0.39 is 17.6 Å². The van der Waals surface area contributed by atoms with Gasteiger partial charge in [0.1, 0.15) is 29.6 Å². The molecule has 0 unspecified atom stereocenters. The molecule has 0 aromatic heterocycles. The van der Waals surface area contributed by atoms with Gasteiger partial charge in [0.2, 0.25) is 0 Å². The first-order valence-electron chi connectivity index (χ1n) is 5.86. The average Bonchev–Trinajstić information content (AvgIpc) is 2.46. The molecule has 2 aromatic rings. The predicted molar refractivity (Wildman–Crippen MR) is 68.5 cm³/mol. The lowest BCUT2D eigenvalue weighted by atomic mass is 10.2. The van der Waals surface area contributed by atoms with Gasteiger partial charge in [-0.3, -0.25) is 0 Å². The molecule has 3 nitrogen and oxygen atoms in total. The van der Waals surface area contributed by atoms with Crippen molar-refractivity contribution in [1.29, 1.82) is 0 Å². The number of methoxy groups -OCH3 is 1. The average molecular weight is 278 g/mol. The highest BCUT2D eigenvalue weighted by Crippen LogP contribution is 2.21. The van der Waals surface area contributed by atoms with Crippen LogP contribution in [0.4, 0.5) is 8.78 Å². The first-order valence-corrected chi connectivity index (χ1v) is 5.86. The number of hydrogen-bond acceptors (Lipinski definition) is 3. The number of carbonyl (C=O) groups excluding carboxylic acids is 1. The van der Waals surface area contributed by atoms with Gasteiger partial charge < -0.3 is 9.47 Å². The SMILES string of the molecule is COc1ccc(F)cc1C(=O)OCc1ccccc1F. The third-order valence-corrected chi connectivity index (χ3v) is 2.70. The van der Waals surface area contributed by atoms with Crippen LogP contribution in [-0.2, 0) is 11.3 Å². The molecule has 0 amide bonds. The standard InChI is InChI=1S/C15H12F2O3/c1-19-14-7-6-11(16)8-12(14)15(18)20-9-10-4-2-3-5-13(10)17/h2-8H,9H2,1H3. The third-order valence-electron chi connectivity index (χ3n) is 2.70. The minimum Gasteiger partial charge on any atom is -0.496 e. The molecule has 2 aromatic carbocycles. The Kier molecular flexibility index (Phi) is 4.30. The normalized spacial score (nSPS) is 10.2. The molecule has 0 fully saturated rings. The van der Waals surface area contributed by atoms with Gasteiger partial charge in [-0.15, -0.1) is 0 Å². The third kappa shape index (κ3) is 3.12. The van der Waals surface area contributed by atoms with E-state index in [4.69, 9.17) is 9.47 Å². The van der Waals surface area contributed by atoms with E-state index >= 15 is 0 Å². The fourth-order valence-corrected chi connectivity index (χ4v) is 1.68. The number of halogens is 2. The van der Waals surface area contributed by atoms with Gasteiger partial charge in [-0.25, -0.2) is 13.6 Å². The van der Waals surface area contributed by atoms with Gasteiger partial charge in [0.25, 0.3) is 0 Å². The molecule has 0 aliphatic heterocycles. The smallest absolute Gasteiger partial charge is 0.342 e. The molecule has 0 bridgehead atoms. The molecule has 0 atom stereocenters. The Morgan fingerprint density at radius 2 is 1.90 bits per heavy atom. The molecule has 0 spiro atoms. The summed E-state index contributed by atoms with van der Waals surface area (Å²) in [6.07, 6.45) is 0. The summed E-state index contributed by atoms with van der Waals surface area (Å²) < 4.78 is 36.4. The first-order chi connectivity index (χ1) is 9.61. The van der Waals surface area contributed by atoms with Crippen LogP contribution in [0.1, 0.15) is 15.9 Å². The second-order valence-electron chi connectivity index (χ2n) is 4.01. The van der Waals surface area contributed by atoms with Crippen molar-refractivity contribution in [3.05, 3.63) is 65.2 Å². The second kappa shape index (κ2) is 6.14. The van der Waals surface area contributed by atoms with Crippen LogP contribution in [-0.4, -0.2) is 13.1 Å². The van der Waals surface area contributed by atoms with Crippen LogP contribution in [0, 0.1) is 11.6 Å². The number of benzene rings is 2. The van der Waals surface area contributed by atoms with Gasteiger partial charge in [-0.1, -0.05) is 18.2 Å². The van der Waals surface area contributed by atoms with Crippen molar-refractivity contribution in [2.75, 3.05) is 7.11 Å². The Labute approximate surface area is 114 Å². The Morgan fingerprint density at radius 3 is 2.60 bits per heavy atom. The van der Waals surface area contributed by atoms with Gasteiger partial charge in [0, 0.05) is 5.56 Å². The maximum absolute atomic E-state index is 13.4. The molecule has 104 valence electrons. The summed E-state index contributed by atoms with van der Waals surface area (Å²) in [4.78, 5) is 11.9. The van der Waals surface area contributed by atoms with Gasteiger partial charge >= 0.3 is 5.97 Å². The van der Waals surface area contributed by atoms with E-state index in [2.05, 4.69) is 0 Å². The largest absolute Gasteiger partial charge is 0.496 e. The first kappa shape index (κ1) is 14.0. The van der Waals surface area contributed by atoms with Crippen LogP contribution in [0.25, 0.3) is 0 Å². The van der Waals surface area contributed by atoms with Crippen LogP contribution in [0.5, 0.6) is 5.75 Å². The highest BCUT2D eigenvalue weighted by Gasteiger charge is 2.15. The summed E-state index contributed by atoms with van der Waals surface area (Å²) in [5.74, 6) is -1.62. The highest BCUT2D eigenvalue weighted by molar-refractivity contribution is 5.92. The van der Waals surface area contributed by atoms with E-state index in [9.17, 15) is 13.6 Å². The van der Waals surface area contributed by atoms with Crippen molar-refractivity contribution in [2.24, 2.45) is 0 Å². The lowest BCUT2D eigenvalue weighted by Crippen LogP contribution is -2.08. The van der Waals surface area contributed by atoms with E-state index in [1.807, 2.05) is 0 Å². The maximum Gasteiger partial charge on any atom is 0.342 e. The van der Waals surface area contributed by atoms with Crippen molar-refractivity contribution >= 4 is 5.97 Å². The molecular weight excluding hydrogens is 266 g/mol. The predicted octanol–water partition coefficient (Wildman–Crippen LogP) is 3.33. The Morgan fingerprint density at radius 1 is 1.15 bits per heavy atom. The molecule has 0 aliphatic rings. The van der Waals surface area contributed by atoms with Gasteiger partial charge in [-0.2, -0.15) is 0 Å². The van der Waals surface area contributed by atoms with Crippen LogP contribution in [0.2, 0.25) is 0 Å². The number of esters is 1. The van der Waals surface area contributed by atoms with Crippen molar-refractivity contribution in [1.82, 2.24) is 0 Å². The number of ether oxygens (including phenoxy) is 2. The maximum atomic E-state index is 13.4. The summed E-state index contributed by atoms with van der Waals surface area (Å²) >= 11 is 0. The fraction of sp³-hybridized carbons (Fsp3) is 0.133. The molecule has 0 aliphatic carbocycles. The summed E-state index contributed by atoms with van der Waals surface area (Å²) in [5, 5.41) is 0. The Balaban J connectivity index is 2.13. The van der Waals surface area contributed by atoms with Crippen molar-refractivity contribution in [3.8, 4) is 5.75 Å². The van der Waals surface area contributed by atoms with E-state index in [1.165, 1.54) is 37.4 Å². The van der Waals surface area contributed by atoms with Crippen LogP contribution in [0.15, 0.2) is 42.5 Å². The topological polar surface area (TPSA) is 35.5 Å². The van der Waals surface area contributed by atoms with E-state index in [0.29, 0.717) is 0 Å². The van der Waals surface area contributed by atoms with E-state index in [0.717, 1.165) is 6.07 Å². The monoisotopic (exact) mass is 278 g/mol. The zero-order chi connectivity index (χ0) is 14.5. The number of rotatable bonds is 4. The minimum atomic E-state index is -0.774. The van der Waals surface area contributed by atoms with Crippen LogP contribution < -0.4 is 4.74 Å². The molecule has 0 heterocycles. The second-order valence-corrected chi connectivity index (χ2v) is 4.01. The summed E-state index contributed by atoms with van der Waals surface area (Å²) in [6, 6.07) is 9.46.